The molecule has 98 valence electrons. The number of benzene rings is 2. The maximum absolute atomic E-state index is 10.7. The smallest absolute Gasteiger partial charge is 0.273 e. The van der Waals surface area contributed by atoms with Gasteiger partial charge in [0.1, 0.15) is 11.5 Å². The van der Waals surface area contributed by atoms with Crippen LogP contribution in [0.3, 0.4) is 0 Å². The van der Waals surface area contributed by atoms with Crippen molar-refractivity contribution in [3.63, 3.8) is 0 Å². The molecule has 0 unspecified atom stereocenters. The maximum Gasteiger partial charge on any atom is 0.273 e. The first-order valence-electron chi connectivity index (χ1n) is 5.51. The first-order valence-corrected chi connectivity index (χ1v) is 6.30. The highest BCUT2D eigenvalue weighted by molar-refractivity contribution is 9.10. The number of halogens is 1. The number of ether oxygens (including phenoxy) is 1. The molecular formula is C13H11BrN2O3. The van der Waals surface area contributed by atoms with Crippen LogP contribution in [-0.4, -0.2) is 4.92 Å². The summed E-state index contributed by atoms with van der Waals surface area (Å²) in [6.07, 6.45) is 0. The highest BCUT2D eigenvalue weighted by atomic mass is 79.9. The van der Waals surface area contributed by atoms with Crippen LogP contribution in [0.1, 0.15) is 5.56 Å². The molecule has 0 heterocycles. The third-order valence-corrected chi connectivity index (χ3v) is 3.11. The molecular weight excluding hydrogens is 312 g/mol. The van der Waals surface area contributed by atoms with E-state index in [0.29, 0.717) is 18.0 Å². The molecule has 0 saturated carbocycles. The molecule has 0 saturated heterocycles. The van der Waals surface area contributed by atoms with Gasteiger partial charge in [0.25, 0.3) is 5.69 Å². The van der Waals surface area contributed by atoms with Crippen molar-refractivity contribution < 1.29 is 9.66 Å². The molecule has 2 N–H and O–H groups in total. The Hall–Kier alpha value is -1.92. The molecule has 0 spiro atoms. The van der Waals surface area contributed by atoms with Gasteiger partial charge in [-0.25, -0.2) is 0 Å². The number of hydrogen-bond acceptors (Lipinski definition) is 4. The van der Waals surface area contributed by atoms with Crippen LogP contribution in [-0.2, 0) is 6.54 Å². The third-order valence-electron chi connectivity index (χ3n) is 2.49. The van der Waals surface area contributed by atoms with Gasteiger partial charge in [-0.15, -0.1) is 0 Å². The van der Waals surface area contributed by atoms with Crippen molar-refractivity contribution in [2.75, 3.05) is 0 Å². The lowest BCUT2D eigenvalue weighted by Crippen LogP contribution is -1.96. The minimum Gasteiger partial charge on any atom is -0.456 e. The summed E-state index contributed by atoms with van der Waals surface area (Å²) in [4.78, 5) is 10.2. The van der Waals surface area contributed by atoms with Gasteiger partial charge in [0.15, 0.2) is 0 Å². The van der Waals surface area contributed by atoms with Crippen LogP contribution in [0.2, 0.25) is 0 Å². The summed E-state index contributed by atoms with van der Waals surface area (Å²) >= 11 is 3.38. The van der Waals surface area contributed by atoms with Crippen molar-refractivity contribution in [1.29, 1.82) is 0 Å². The SMILES string of the molecule is NCc1ccc(Oc2cccc([N+](=O)[O-])c2)c(Br)c1. The van der Waals surface area contributed by atoms with Gasteiger partial charge in [-0.2, -0.15) is 0 Å². The fraction of sp³-hybridized carbons (Fsp3) is 0.0769. The molecule has 5 nitrogen and oxygen atoms in total. The van der Waals surface area contributed by atoms with Gasteiger partial charge in [0.2, 0.25) is 0 Å². The zero-order valence-electron chi connectivity index (χ0n) is 9.88. The van der Waals surface area contributed by atoms with Gasteiger partial charge in [-0.3, -0.25) is 10.1 Å². The summed E-state index contributed by atoms with van der Waals surface area (Å²) in [7, 11) is 0. The van der Waals surface area contributed by atoms with Crippen LogP contribution in [0.4, 0.5) is 5.69 Å². The predicted octanol–water partition coefficient (Wildman–Crippen LogP) is 3.61. The van der Waals surface area contributed by atoms with E-state index < -0.39 is 4.92 Å². The number of nitrogens with zero attached hydrogens (tertiary/aromatic N) is 1. The Morgan fingerprint density at radius 2 is 2.05 bits per heavy atom. The summed E-state index contributed by atoms with van der Waals surface area (Å²) in [5.74, 6) is 0.994. The van der Waals surface area contributed by atoms with E-state index in [1.54, 1.807) is 18.2 Å². The minimum atomic E-state index is -0.459. The van der Waals surface area contributed by atoms with Gasteiger partial charge in [-0.05, 0) is 39.7 Å². The van der Waals surface area contributed by atoms with Gasteiger partial charge < -0.3 is 10.5 Å². The lowest BCUT2D eigenvalue weighted by Gasteiger charge is -2.08. The van der Waals surface area contributed by atoms with Crippen LogP contribution in [0.15, 0.2) is 46.9 Å². The highest BCUT2D eigenvalue weighted by Gasteiger charge is 2.08. The summed E-state index contributed by atoms with van der Waals surface area (Å²) in [6.45, 7) is 0.440. The molecule has 6 heteroatoms. The average Bonchev–Trinajstić information content (AvgIpc) is 2.41. The van der Waals surface area contributed by atoms with Gasteiger partial charge in [0.05, 0.1) is 15.5 Å². The molecule has 0 radical (unpaired) electrons. The molecule has 0 amide bonds. The zero-order chi connectivity index (χ0) is 13.8. The maximum atomic E-state index is 10.7. The Kier molecular flexibility index (Phi) is 4.13. The van der Waals surface area contributed by atoms with E-state index in [2.05, 4.69) is 15.9 Å². The Labute approximate surface area is 118 Å². The average molecular weight is 323 g/mol. The minimum absolute atomic E-state index is 0.00722. The zero-order valence-corrected chi connectivity index (χ0v) is 11.5. The molecule has 0 aromatic heterocycles. The van der Waals surface area contributed by atoms with E-state index in [4.69, 9.17) is 10.5 Å². The topological polar surface area (TPSA) is 78.4 Å². The molecule has 0 aliphatic carbocycles. The van der Waals surface area contributed by atoms with Crippen LogP contribution >= 0.6 is 15.9 Å². The van der Waals surface area contributed by atoms with Crippen molar-refractivity contribution in [1.82, 2.24) is 0 Å². The van der Waals surface area contributed by atoms with Crippen LogP contribution in [0, 0.1) is 10.1 Å². The lowest BCUT2D eigenvalue weighted by molar-refractivity contribution is -0.384. The number of nitrogens with two attached hydrogens (primary N) is 1. The number of non-ortho nitro benzene ring substituents is 1. The summed E-state index contributed by atoms with van der Waals surface area (Å²) in [5, 5.41) is 10.7. The van der Waals surface area contributed by atoms with E-state index in [1.165, 1.54) is 12.1 Å². The number of hydrogen-bond donors (Lipinski definition) is 1. The monoisotopic (exact) mass is 322 g/mol. The second-order valence-electron chi connectivity index (χ2n) is 3.83. The molecule has 0 atom stereocenters. The van der Waals surface area contributed by atoms with E-state index in [0.717, 1.165) is 10.0 Å². The van der Waals surface area contributed by atoms with E-state index in [9.17, 15) is 10.1 Å². The molecule has 19 heavy (non-hydrogen) atoms. The van der Waals surface area contributed by atoms with Crippen molar-refractivity contribution in [3.8, 4) is 11.5 Å². The normalized spacial score (nSPS) is 10.2. The second-order valence-corrected chi connectivity index (χ2v) is 4.68. The van der Waals surface area contributed by atoms with Gasteiger partial charge in [-0.1, -0.05) is 12.1 Å². The molecule has 0 aliphatic rings. The van der Waals surface area contributed by atoms with Crippen molar-refractivity contribution in [2.45, 2.75) is 6.54 Å². The third kappa shape index (κ3) is 3.30. The predicted molar refractivity (Wildman–Crippen MR) is 75.2 cm³/mol. The first kappa shape index (κ1) is 13.5. The van der Waals surface area contributed by atoms with Crippen molar-refractivity contribution >= 4 is 21.6 Å². The van der Waals surface area contributed by atoms with Gasteiger partial charge >= 0.3 is 0 Å². The molecule has 0 aliphatic heterocycles. The summed E-state index contributed by atoms with van der Waals surface area (Å²) in [6, 6.07) is 11.5. The Morgan fingerprint density at radius 3 is 2.68 bits per heavy atom. The Bertz CT molecular complexity index is 617. The largest absolute Gasteiger partial charge is 0.456 e. The summed E-state index contributed by atoms with van der Waals surface area (Å²) in [5.41, 5.74) is 6.50. The lowest BCUT2D eigenvalue weighted by atomic mass is 10.2. The molecule has 0 bridgehead atoms. The van der Waals surface area contributed by atoms with E-state index >= 15 is 0 Å². The van der Waals surface area contributed by atoms with Crippen LogP contribution < -0.4 is 10.5 Å². The highest BCUT2D eigenvalue weighted by Crippen LogP contribution is 2.31. The molecule has 2 rings (SSSR count). The van der Waals surface area contributed by atoms with E-state index in [1.807, 2.05) is 12.1 Å². The molecule has 2 aromatic carbocycles. The summed E-state index contributed by atoms with van der Waals surface area (Å²) < 4.78 is 6.36. The fourth-order valence-corrected chi connectivity index (χ4v) is 2.05. The van der Waals surface area contributed by atoms with E-state index in [-0.39, 0.29) is 5.69 Å². The fourth-order valence-electron chi connectivity index (χ4n) is 1.54. The standard InChI is InChI=1S/C13H11BrN2O3/c14-12-6-9(8-15)4-5-13(12)19-11-3-1-2-10(7-11)16(17)18/h1-7H,8,15H2. The molecule has 2 aromatic rings. The van der Waals surface area contributed by atoms with Crippen LogP contribution in [0.5, 0.6) is 11.5 Å². The van der Waals surface area contributed by atoms with Crippen molar-refractivity contribution in [2.24, 2.45) is 5.73 Å². The quantitative estimate of drug-likeness (QED) is 0.689. The number of rotatable bonds is 4. The second kappa shape index (κ2) is 5.81. The van der Waals surface area contributed by atoms with Gasteiger partial charge in [0, 0.05) is 12.6 Å². The van der Waals surface area contributed by atoms with Crippen LogP contribution in [0.25, 0.3) is 0 Å². The number of nitro groups is 1. The Balaban J connectivity index is 2.26. The van der Waals surface area contributed by atoms with Crippen molar-refractivity contribution in [3.05, 3.63) is 62.6 Å². The first-order chi connectivity index (χ1) is 9.10. The Morgan fingerprint density at radius 1 is 1.26 bits per heavy atom. The molecule has 0 fully saturated rings. The number of nitro benzene ring substituents is 1.